The molecular weight excluding hydrogens is 240 g/mol. The standard InChI is InChI=1S/C20H42/c1-8-11-16(4)12-13-17(5)14-15-19(7)20(10-3)18(6)9-2/h16-20H,8-15H2,1-7H3. The summed E-state index contributed by atoms with van der Waals surface area (Å²) in [5, 5.41) is 0. The predicted molar refractivity (Wildman–Crippen MR) is 94.1 cm³/mol. The van der Waals surface area contributed by atoms with Crippen molar-refractivity contribution in [1.82, 2.24) is 0 Å². The molecule has 20 heavy (non-hydrogen) atoms. The quantitative estimate of drug-likeness (QED) is 0.351. The van der Waals surface area contributed by atoms with Crippen molar-refractivity contribution in [2.75, 3.05) is 0 Å². The van der Waals surface area contributed by atoms with Crippen LogP contribution in [0.5, 0.6) is 0 Å². The van der Waals surface area contributed by atoms with E-state index in [1.807, 2.05) is 0 Å². The third-order valence-corrected chi connectivity index (χ3v) is 5.63. The Hall–Kier alpha value is 0. The summed E-state index contributed by atoms with van der Waals surface area (Å²) < 4.78 is 0. The summed E-state index contributed by atoms with van der Waals surface area (Å²) in [5.41, 5.74) is 0. The van der Waals surface area contributed by atoms with Crippen molar-refractivity contribution >= 4 is 0 Å². The van der Waals surface area contributed by atoms with Crippen molar-refractivity contribution in [3.8, 4) is 0 Å². The van der Waals surface area contributed by atoms with Crippen LogP contribution in [-0.2, 0) is 0 Å². The van der Waals surface area contributed by atoms with Gasteiger partial charge in [0.05, 0.1) is 0 Å². The van der Waals surface area contributed by atoms with Crippen LogP contribution >= 0.6 is 0 Å². The van der Waals surface area contributed by atoms with Gasteiger partial charge in [-0.3, -0.25) is 0 Å². The molecule has 0 aromatic heterocycles. The summed E-state index contributed by atoms with van der Waals surface area (Å²) in [5.74, 6) is 4.60. The van der Waals surface area contributed by atoms with E-state index in [1.54, 1.807) is 0 Å². The van der Waals surface area contributed by atoms with Gasteiger partial charge in [0.15, 0.2) is 0 Å². The number of hydrogen-bond acceptors (Lipinski definition) is 0. The largest absolute Gasteiger partial charge is 0.0654 e. The minimum absolute atomic E-state index is 0.898. The molecule has 122 valence electrons. The number of rotatable bonds is 12. The molecule has 5 unspecified atom stereocenters. The maximum Gasteiger partial charge on any atom is -0.0365 e. The predicted octanol–water partition coefficient (Wildman–Crippen LogP) is 7.33. The van der Waals surface area contributed by atoms with E-state index in [4.69, 9.17) is 0 Å². The minimum Gasteiger partial charge on any atom is -0.0654 e. The maximum absolute atomic E-state index is 2.49. The lowest BCUT2D eigenvalue weighted by Crippen LogP contribution is -2.19. The Balaban J connectivity index is 3.94. The first-order chi connectivity index (χ1) is 9.46. The maximum atomic E-state index is 2.49. The van der Waals surface area contributed by atoms with Gasteiger partial charge in [-0.2, -0.15) is 0 Å². The van der Waals surface area contributed by atoms with Gasteiger partial charge in [0.25, 0.3) is 0 Å². The zero-order chi connectivity index (χ0) is 15.5. The smallest absolute Gasteiger partial charge is 0.0365 e. The van der Waals surface area contributed by atoms with Gasteiger partial charge in [0.2, 0.25) is 0 Å². The topological polar surface area (TPSA) is 0 Å². The fourth-order valence-electron chi connectivity index (χ4n) is 3.78. The van der Waals surface area contributed by atoms with Crippen LogP contribution in [0.2, 0.25) is 0 Å². The molecule has 0 heterocycles. The first-order valence-electron chi connectivity index (χ1n) is 9.46. The minimum atomic E-state index is 0.898. The highest BCUT2D eigenvalue weighted by Crippen LogP contribution is 2.31. The van der Waals surface area contributed by atoms with Gasteiger partial charge >= 0.3 is 0 Å². The average molecular weight is 283 g/mol. The van der Waals surface area contributed by atoms with Crippen LogP contribution < -0.4 is 0 Å². The molecule has 0 amide bonds. The molecule has 0 aliphatic carbocycles. The van der Waals surface area contributed by atoms with Gasteiger partial charge in [-0.05, 0) is 29.6 Å². The molecule has 0 spiro atoms. The van der Waals surface area contributed by atoms with Crippen LogP contribution in [0, 0.1) is 29.6 Å². The van der Waals surface area contributed by atoms with E-state index in [0.29, 0.717) is 0 Å². The third-order valence-electron chi connectivity index (χ3n) is 5.63. The molecule has 0 rings (SSSR count). The van der Waals surface area contributed by atoms with Crippen LogP contribution in [0.1, 0.15) is 99.8 Å². The van der Waals surface area contributed by atoms with E-state index in [2.05, 4.69) is 48.5 Å². The first kappa shape index (κ1) is 20.0. The van der Waals surface area contributed by atoms with Crippen molar-refractivity contribution < 1.29 is 0 Å². The van der Waals surface area contributed by atoms with Crippen molar-refractivity contribution in [3.05, 3.63) is 0 Å². The lowest BCUT2D eigenvalue weighted by Gasteiger charge is -2.29. The Bertz CT molecular complexity index is 208. The highest BCUT2D eigenvalue weighted by atomic mass is 14.3. The Labute approximate surface area is 130 Å². The van der Waals surface area contributed by atoms with Crippen LogP contribution in [0.4, 0.5) is 0 Å². The van der Waals surface area contributed by atoms with Crippen molar-refractivity contribution in [3.63, 3.8) is 0 Å². The van der Waals surface area contributed by atoms with Crippen LogP contribution in [-0.4, -0.2) is 0 Å². The molecule has 0 aromatic rings. The molecule has 0 nitrogen and oxygen atoms in total. The molecule has 0 radical (unpaired) electrons. The van der Waals surface area contributed by atoms with Gasteiger partial charge in [-0.15, -0.1) is 0 Å². The first-order valence-corrected chi connectivity index (χ1v) is 9.46. The van der Waals surface area contributed by atoms with E-state index in [-0.39, 0.29) is 0 Å². The summed E-state index contributed by atoms with van der Waals surface area (Å²) >= 11 is 0. The normalized spacial score (nSPS) is 19.4. The Morgan fingerprint density at radius 1 is 0.550 bits per heavy atom. The van der Waals surface area contributed by atoms with Crippen molar-refractivity contribution in [2.45, 2.75) is 99.8 Å². The molecule has 0 heteroatoms. The summed E-state index contributed by atoms with van der Waals surface area (Å²) in [6.07, 6.45) is 11.2. The van der Waals surface area contributed by atoms with E-state index in [1.165, 1.54) is 51.4 Å². The molecule has 0 N–H and O–H groups in total. The second kappa shape index (κ2) is 11.6. The van der Waals surface area contributed by atoms with Crippen LogP contribution in [0.15, 0.2) is 0 Å². The summed E-state index contributed by atoms with van der Waals surface area (Å²) in [6.45, 7) is 16.9. The molecular formula is C20H42. The second-order valence-electron chi connectivity index (χ2n) is 7.59. The SMILES string of the molecule is CCCC(C)CCC(C)CCC(C)C(CC)C(C)CC. The van der Waals surface area contributed by atoms with Gasteiger partial charge in [0, 0.05) is 0 Å². The molecule has 0 fully saturated rings. The lowest BCUT2D eigenvalue weighted by atomic mass is 9.77. The van der Waals surface area contributed by atoms with Gasteiger partial charge in [0.1, 0.15) is 0 Å². The molecule has 0 aromatic carbocycles. The molecule has 0 saturated carbocycles. The fraction of sp³-hybridized carbons (Fsp3) is 1.00. The summed E-state index contributed by atoms with van der Waals surface area (Å²) in [4.78, 5) is 0. The lowest BCUT2D eigenvalue weighted by molar-refractivity contribution is 0.217. The molecule has 0 saturated heterocycles. The van der Waals surface area contributed by atoms with Crippen LogP contribution in [0.25, 0.3) is 0 Å². The Morgan fingerprint density at radius 2 is 1.05 bits per heavy atom. The highest BCUT2D eigenvalue weighted by Gasteiger charge is 2.21. The van der Waals surface area contributed by atoms with Gasteiger partial charge in [-0.1, -0.05) is 99.8 Å². The van der Waals surface area contributed by atoms with E-state index in [9.17, 15) is 0 Å². The molecule has 5 atom stereocenters. The summed E-state index contributed by atoms with van der Waals surface area (Å²) in [6, 6.07) is 0. The van der Waals surface area contributed by atoms with E-state index in [0.717, 1.165) is 29.6 Å². The number of hydrogen-bond donors (Lipinski definition) is 0. The van der Waals surface area contributed by atoms with E-state index >= 15 is 0 Å². The van der Waals surface area contributed by atoms with Crippen molar-refractivity contribution in [1.29, 1.82) is 0 Å². The second-order valence-corrected chi connectivity index (χ2v) is 7.59. The highest BCUT2D eigenvalue weighted by molar-refractivity contribution is 4.71. The van der Waals surface area contributed by atoms with Gasteiger partial charge in [-0.25, -0.2) is 0 Å². The molecule has 0 bridgehead atoms. The Morgan fingerprint density at radius 3 is 1.50 bits per heavy atom. The molecule has 0 aliphatic heterocycles. The van der Waals surface area contributed by atoms with Crippen molar-refractivity contribution in [2.24, 2.45) is 29.6 Å². The third kappa shape index (κ3) is 8.32. The van der Waals surface area contributed by atoms with Gasteiger partial charge < -0.3 is 0 Å². The fourth-order valence-corrected chi connectivity index (χ4v) is 3.78. The zero-order valence-electron chi connectivity index (χ0n) is 15.5. The average Bonchev–Trinajstić information content (AvgIpc) is 2.43. The summed E-state index contributed by atoms with van der Waals surface area (Å²) in [7, 11) is 0. The monoisotopic (exact) mass is 282 g/mol. The van der Waals surface area contributed by atoms with Crippen LogP contribution in [0.3, 0.4) is 0 Å². The van der Waals surface area contributed by atoms with E-state index < -0.39 is 0 Å². The zero-order valence-corrected chi connectivity index (χ0v) is 15.5. The molecule has 0 aliphatic rings. The Kier molecular flexibility index (Phi) is 11.6.